The standard InChI is InChI=1S/C9H19FNPS/c1-7(2)8-3-5-11(6-4-8)13-9(10)12/h7-9H,3-6,12H2,1-2H3. The highest BCUT2D eigenvalue weighted by Crippen LogP contribution is 2.31. The lowest BCUT2D eigenvalue weighted by molar-refractivity contribution is 0.236. The van der Waals surface area contributed by atoms with Gasteiger partial charge in [-0.3, -0.25) is 0 Å². The lowest BCUT2D eigenvalue weighted by Crippen LogP contribution is -2.31. The molecule has 13 heavy (non-hydrogen) atoms. The predicted octanol–water partition coefficient (Wildman–Crippen LogP) is 3.13. The number of hydrogen-bond donors (Lipinski definition) is 0. The van der Waals surface area contributed by atoms with Crippen molar-refractivity contribution in [3.63, 3.8) is 0 Å². The van der Waals surface area contributed by atoms with Crippen LogP contribution in [0.15, 0.2) is 0 Å². The van der Waals surface area contributed by atoms with Gasteiger partial charge in [-0.25, -0.2) is 8.70 Å². The van der Waals surface area contributed by atoms with Crippen LogP contribution in [0.1, 0.15) is 26.7 Å². The molecule has 2 atom stereocenters. The molecule has 0 radical (unpaired) electrons. The van der Waals surface area contributed by atoms with Gasteiger partial charge in [0.05, 0.1) is 0 Å². The minimum Gasteiger partial charge on any atom is -0.248 e. The van der Waals surface area contributed by atoms with E-state index in [2.05, 4.69) is 27.4 Å². The molecule has 1 fully saturated rings. The molecule has 0 aromatic rings. The molecule has 0 aromatic carbocycles. The van der Waals surface area contributed by atoms with Gasteiger partial charge in [-0.2, -0.15) is 0 Å². The molecule has 4 heteroatoms. The Morgan fingerprint density at radius 2 is 1.92 bits per heavy atom. The lowest BCUT2D eigenvalue weighted by atomic mass is 9.87. The van der Waals surface area contributed by atoms with E-state index in [1.165, 1.54) is 24.8 Å². The molecular weight excluding hydrogens is 204 g/mol. The van der Waals surface area contributed by atoms with E-state index < -0.39 is 5.24 Å². The van der Waals surface area contributed by atoms with Crippen LogP contribution in [0.2, 0.25) is 0 Å². The summed E-state index contributed by atoms with van der Waals surface area (Å²) >= 11 is 1.32. The summed E-state index contributed by atoms with van der Waals surface area (Å²) in [5.41, 5.74) is 0. The zero-order valence-corrected chi connectivity index (χ0v) is 10.3. The second-order valence-corrected chi connectivity index (χ2v) is 6.21. The Balaban J connectivity index is 2.22. The van der Waals surface area contributed by atoms with Gasteiger partial charge in [0.2, 0.25) is 0 Å². The fourth-order valence-electron chi connectivity index (χ4n) is 1.79. The van der Waals surface area contributed by atoms with Gasteiger partial charge in [0.15, 0.2) is 5.24 Å². The first-order valence-electron chi connectivity index (χ1n) is 4.91. The molecule has 1 nitrogen and oxygen atoms in total. The number of piperidine rings is 1. The van der Waals surface area contributed by atoms with Crippen molar-refractivity contribution in [1.29, 1.82) is 0 Å². The van der Waals surface area contributed by atoms with Crippen LogP contribution >= 0.6 is 21.2 Å². The number of nitrogens with zero attached hydrogens (tertiary/aromatic N) is 1. The number of halogens is 1. The molecule has 0 amide bonds. The third-order valence-corrected chi connectivity index (χ3v) is 3.92. The maximum absolute atomic E-state index is 12.6. The van der Waals surface area contributed by atoms with E-state index in [9.17, 15) is 4.39 Å². The molecule has 0 aliphatic carbocycles. The van der Waals surface area contributed by atoms with Gasteiger partial charge < -0.3 is 0 Å². The van der Waals surface area contributed by atoms with E-state index in [-0.39, 0.29) is 0 Å². The molecule has 0 saturated carbocycles. The average Bonchev–Trinajstić information content (AvgIpc) is 2.04. The molecular formula is C9H19FNPS. The molecule has 1 aliphatic heterocycles. The van der Waals surface area contributed by atoms with Gasteiger partial charge in [0.25, 0.3) is 0 Å². The van der Waals surface area contributed by atoms with E-state index in [1.54, 1.807) is 0 Å². The van der Waals surface area contributed by atoms with Gasteiger partial charge in [0.1, 0.15) is 0 Å². The maximum atomic E-state index is 12.6. The SMILES string of the molecule is CC(C)C1CCN(SC(F)P)CC1. The van der Waals surface area contributed by atoms with E-state index in [0.29, 0.717) is 0 Å². The maximum Gasteiger partial charge on any atom is 0.172 e. The molecule has 78 valence electrons. The molecule has 1 aliphatic rings. The van der Waals surface area contributed by atoms with Crippen LogP contribution in [0.5, 0.6) is 0 Å². The number of hydrogen-bond acceptors (Lipinski definition) is 2. The fourth-order valence-corrected chi connectivity index (χ4v) is 3.01. The molecule has 1 rings (SSSR count). The average molecular weight is 223 g/mol. The van der Waals surface area contributed by atoms with Crippen LogP contribution in [0.25, 0.3) is 0 Å². The smallest absolute Gasteiger partial charge is 0.172 e. The lowest BCUT2D eigenvalue weighted by Gasteiger charge is -2.33. The summed E-state index contributed by atoms with van der Waals surface area (Å²) in [6.07, 6.45) is 2.45. The van der Waals surface area contributed by atoms with E-state index in [0.717, 1.165) is 24.9 Å². The summed E-state index contributed by atoms with van der Waals surface area (Å²) in [6, 6.07) is 0. The van der Waals surface area contributed by atoms with Crippen molar-refractivity contribution in [3.05, 3.63) is 0 Å². The quantitative estimate of drug-likeness (QED) is 0.534. The van der Waals surface area contributed by atoms with Crippen LogP contribution < -0.4 is 0 Å². The summed E-state index contributed by atoms with van der Waals surface area (Å²) in [5, 5.41) is -0.837. The topological polar surface area (TPSA) is 3.24 Å². The van der Waals surface area contributed by atoms with Crippen molar-refractivity contribution in [1.82, 2.24) is 4.31 Å². The zero-order valence-electron chi connectivity index (χ0n) is 8.37. The Morgan fingerprint density at radius 1 is 1.38 bits per heavy atom. The Labute approximate surface area is 87.2 Å². The summed E-state index contributed by atoms with van der Waals surface area (Å²) in [7, 11) is 2.19. The highest BCUT2D eigenvalue weighted by Gasteiger charge is 2.22. The highest BCUT2D eigenvalue weighted by atomic mass is 32.2. The van der Waals surface area contributed by atoms with Crippen LogP contribution in [0, 0.1) is 11.8 Å². The van der Waals surface area contributed by atoms with Gasteiger partial charge in [-0.05, 0) is 36.6 Å². The van der Waals surface area contributed by atoms with Crippen LogP contribution in [0.3, 0.4) is 0 Å². The second kappa shape index (κ2) is 5.53. The number of rotatable bonds is 3. The molecule has 0 bridgehead atoms. The first kappa shape index (κ1) is 11.7. The molecule has 0 aromatic heterocycles. The third-order valence-electron chi connectivity index (χ3n) is 2.69. The molecule has 1 heterocycles. The van der Waals surface area contributed by atoms with Crippen LogP contribution in [-0.2, 0) is 0 Å². The van der Waals surface area contributed by atoms with Gasteiger partial charge in [0, 0.05) is 13.1 Å². The Bertz CT molecular complexity index is 147. The summed E-state index contributed by atoms with van der Waals surface area (Å²) < 4.78 is 14.8. The van der Waals surface area contributed by atoms with Gasteiger partial charge in [-0.15, -0.1) is 0 Å². The molecule has 2 unspecified atom stereocenters. The number of alkyl halides is 1. The Hall–Kier alpha value is 0.670. The predicted molar refractivity (Wildman–Crippen MR) is 61.3 cm³/mol. The molecule has 1 saturated heterocycles. The summed E-state index contributed by atoms with van der Waals surface area (Å²) in [6.45, 7) is 6.65. The summed E-state index contributed by atoms with van der Waals surface area (Å²) in [5.74, 6) is 1.63. The van der Waals surface area contributed by atoms with Crippen LogP contribution in [0.4, 0.5) is 4.39 Å². The second-order valence-electron chi connectivity index (χ2n) is 3.97. The van der Waals surface area contributed by atoms with Gasteiger partial charge in [-0.1, -0.05) is 23.1 Å². The minimum atomic E-state index is -0.837. The van der Waals surface area contributed by atoms with Crippen molar-refractivity contribution < 1.29 is 4.39 Å². The Kier molecular flexibility index (Phi) is 4.99. The largest absolute Gasteiger partial charge is 0.248 e. The fraction of sp³-hybridized carbons (Fsp3) is 1.00. The first-order chi connectivity index (χ1) is 6.09. The zero-order chi connectivity index (χ0) is 9.84. The normalized spacial score (nSPS) is 23.8. The van der Waals surface area contributed by atoms with Crippen molar-refractivity contribution >= 4 is 21.2 Å². The highest BCUT2D eigenvalue weighted by molar-refractivity contribution is 8.00. The van der Waals surface area contributed by atoms with Crippen molar-refractivity contribution in [3.8, 4) is 0 Å². The third kappa shape index (κ3) is 4.14. The minimum absolute atomic E-state index is 0.782. The van der Waals surface area contributed by atoms with E-state index in [4.69, 9.17) is 0 Å². The first-order valence-corrected chi connectivity index (χ1v) is 6.41. The Morgan fingerprint density at radius 3 is 2.31 bits per heavy atom. The molecule has 0 N–H and O–H groups in total. The van der Waals surface area contributed by atoms with E-state index in [1.807, 2.05) is 0 Å². The molecule has 0 spiro atoms. The van der Waals surface area contributed by atoms with Crippen molar-refractivity contribution in [2.75, 3.05) is 13.1 Å². The van der Waals surface area contributed by atoms with Crippen molar-refractivity contribution in [2.24, 2.45) is 11.8 Å². The van der Waals surface area contributed by atoms with Crippen LogP contribution in [-0.4, -0.2) is 22.6 Å². The monoisotopic (exact) mass is 223 g/mol. The van der Waals surface area contributed by atoms with Crippen molar-refractivity contribution in [2.45, 2.75) is 31.9 Å². The van der Waals surface area contributed by atoms with Gasteiger partial charge >= 0.3 is 0 Å². The van der Waals surface area contributed by atoms with E-state index >= 15 is 0 Å². The summed E-state index contributed by atoms with van der Waals surface area (Å²) in [4.78, 5) is 0.